The summed E-state index contributed by atoms with van der Waals surface area (Å²) >= 11 is 0. The van der Waals surface area contributed by atoms with Gasteiger partial charge < -0.3 is 51.1 Å². The molecule has 0 saturated heterocycles. The van der Waals surface area contributed by atoms with Crippen LogP contribution in [0.15, 0.2) is 23.3 Å². The molecular formula is C137H240O10. The van der Waals surface area contributed by atoms with Crippen molar-refractivity contribution in [3.05, 3.63) is 23.3 Å². The molecule has 0 bridgehead atoms. The third kappa shape index (κ3) is 23.6. The molecule has 2 unspecified atom stereocenters. The van der Waals surface area contributed by atoms with Crippen LogP contribution in [0.5, 0.6) is 0 Å². The summed E-state index contributed by atoms with van der Waals surface area (Å²) in [5.41, 5.74) is 2.93. The molecule has 848 valence electrons. The van der Waals surface area contributed by atoms with Crippen LogP contribution in [0.1, 0.15) is 561 Å². The highest BCUT2D eigenvalue weighted by atomic mass is 16.3. The number of allylic oxidation sites excluding steroid dienone is 2. The van der Waals surface area contributed by atoms with Crippen molar-refractivity contribution in [2.24, 2.45) is 220 Å². The molecule has 0 radical (unpaired) electrons. The minimum Gasteiger partial charge on any atom is -0.390 e. The van der Waals surface area contributed by atoms with E-state index in [2.05, 4.69) is 151 Å². The van der Waals surface area contributed by atoms with Gasteiger partial charge in [-0.05, 0) is 663 Å². The van der Waals surface area contributed by atoms with Crippen LogP contribution in [0.25, 0.3) is 0 Å². The molecule has 0 aromatic heterocycles. The smallest absolute Gasteiger partial charge is 0.0657 e. The van der Waals surface area contributed by atoms with Crippen LogP contribution >= 0.6 is 0 Å². The van der Waals surface area contributed by atoms with Crippen LogP contribution < -0.4 is 0 Å². The van der Waals surface area contributed by atoms with E-state index in [-0.39, 0.29) is 0 Å². The summed E-state index contributed by atoms with van der Waals surface area (Å²) in [4.78, 5) is 0. The number of fused-ring (bicyclic) bond motifs is 25. The lowest BCUT2D eigenvalue weighted by Crippen LogP contribution is -2.55. The Kier molecular flexibility index (Phi) is 34.3. The van der Waals surface area contributed by atoms with Gasteiger partial charge in [0.1, 0.15) is 0 Å². The highest BCUT2D eigenvalue weighted by Crippen LogP contribution is 2.77. The summed E-state index contributed by atoms with van der Waals surface area (Å²) in [5, 5.41) is 105. The highest BCUT2D eigenvalue weighted by Gasteiger charge is 2.69. The Bertz CT molecular complexity index is 4330. The monoisotopic (exact) mass is 2050 g/mol. The molecule has 0 spiro atoms. The molecule has 0 heterocycles. The fourth-order valence-corrected chi connectivity index (χ4v) is 45.0. The number of rotatable bonds is 22. The van der Waals surface area contributed by atoms with Gasteiger partial charge in [-0.2, -0.15) is 0 Å². The third-order valence-electron chi connectivity index (χ3n) is 54.9. The zero-order chi connectivity index (χ0) is 108. The molecule has 10 N–H and O–H groups in total. The molecule has 20 aliphatic carbocycles. The Morgan fingerprint density at radius 2 is 0.463 bits per heavy atom. The van der Waals surface area contributed by atoms with E-state index in [0.29, 0.717) is 66.0 Å². The molecule has 20 rings (SSSR count). The second kappa shape index (κ2) is 42.5. The van der Waals surface area contributed by atoms with Gasteiger partial charge in [-0.3, -0.25) is 0 Å². The summed E-state index contributed by atoms with van der Waals surface area (Å²) in [6.07, 6.45) is 72.1. The largest absolute Gasteiger partial charge is 0.390 e. The average molecular weight is 2050 g/mol. The zero-order valence-electron chi connectivity index (χ0n) is 102. The van der Waals surface area contributed by atoms with Gasteiger partial charge in [-0.1, -0.05) is 141 Å². The van der Waals surface area contributed by atoms with Crippen LogP contribution in [0.4, 0.5) is 0 Å². The van der Waals surface area contributed by atoms with Crippen LogP contribution in [0.3, 0.4) is 0 Å². The first kappa shape index (κ1) is 119. The predicted molar refractivity (Wildman–Crippen MR) is 612 cm³/mol. The van der Waals surface area contributed by atoms with Crippen LogP contribution in [0.2, 0.25) is 0 Å². The third-order valence-corrected chi connectivity index (χ3v) is 54.9. The Hall–Kier alpha value is -0.920. The Labute approximate surface area is 905 Å². The molecule has 18 fully saturated rings. The van der Waals surface area contributed by atoms with Crippen LogP contribution in [0, 0.1) is 220 Å². The molecule has 147 heavy (non-hydrogen) atoms. The fraction of sp³-hybridized carbons (Fsp3) is 0.971. The van der Waals surface area contributed by atoms with Gasteiger partial charge in [-0.15, -0.1) is 0 Å². The second-order valence-electron chi connectivity index (χ2n) is 66.3. The maximum atomic E-state index is 10.7. The lowest BCUT2D eigenvalue weighted by Gasteiger charge is -2.62. The van der Waals surface area contributed by atoms with Gasteiger partial charge in [-0.25, -0.2) is 0 Å². The second-order valence-corrected chi connectivity index (χ2v) is 66.3. The minimum atomic E-state index is -0.536. The number of hydrogen-bond donors (Lipinski definition) is 10. The van der Waals surface area contributed by atoms with E-state index in [1.165, 1.54) is 238 Å². The lowest BCUT2D eigenvalue weighted by molar-refractivity contribution is -0.148. The van der Waals surface area contributed by atoms with Crippen molar-refractivity contribution in [3.63, 3.8) is 0 Å². The average Bonchev–Trinajstić information content (AvgIpc) is 1.66. The molecule has 45 atom stereocenters. The zero-order valence-corrected chi connectivity index (χ0v) is 102. The molecule has 0 amide bonds. The number of hydrogen-bond acceptors (Lipinski definition) is 10. The minimum absolute atomic E-state index is 0.329. The maximum Gasteiger partial charge on any atom is 0.0657 e. The normalized spacial score (nSPS) is 50.1. The summed E-state index contributed by atoms with van der Waals surface area (Å²) < 4.78 is 0. The van der Waals surface area contributed by atoms with E-state index in [0.717, 1.165) is 269 Å². The first-order valence-electron chi connectivity index (χ1n) is 64.5. The molecule has 0 aromatic carbocycles. The van der Waals surface area contributed by atoms with E-state index in [1.807, 2.05) is 69.2 Å². The van der Waals surface area contributed by atoms with Gasteiger partial charge in [0.2, 0.25) is 0 Å². The molecule has 20 aliphatic rings. The standard InChI is InChI=1S/C28H50O2.C28H48O2.2C27H48O2.C27H46O2/c2*1-7-25(3,29)14-12-19(2)22-10-11-23-21-9-8-20-18-26(4,30)16-17-27(20,5)24(21)13-15-28(22,23)6;3*1-18(11-13-24(2,3)28)21-9-10-22-20-8-7-19-17-25(4,29)15-16-26(19,5)23(20)12-14-27(21,22)6/h19-24,29-30H,7-18H2,1-6H3;8,19,21-24,29-30H,7,9-18H2,1-6H3;2*18-23,28-29H,7-17H2,1-6H3;7,18,20-23,28-29H,8-17H2,1-6H3/t19-,20+,21+,22-,23+,24+,25?,26+,27+,28-;19-,21+,22-,23+,24+,25?,26+,27+,28-;2*18-,19+,20+,21-,22+,23+,25+,26+,27-;18-,20+,21-,22+,23+,25+,26+,27-/m11111/s1. The predicted octanol–water partition coefficient (Wildman–Crippen LogP) is 33.5. The maximum absolute atomic E-state index is 10.7. The van der Waals surface area contributed by atoms with Crippen molar-refractivity contribution in [3.8, 4) is 0 Å². The summed E-state index contributed by atoms with van der Waals surface area (Å²) in [5.74, 6) is 23.2. The van der Waals surface area contributed by atoms with E-state index in [9.17, 15) is 51.1 Å². The topological polar surface area (TPSA) is 202 Å². The van der Waals surface area contributed by atoms with E-state index in [4.69, 9.17) is 0 Å². The van der Waals surface area contributed by atoms with Gasteiger partial charge in [0.05, 0.1) is 56.0 Å². The molecule has 0 aliphatic heterocycles. The first-order valence-corrected chi connectivity index (χ1v) is 64.5. The van der Waals surface area contributed by atoms with E-state index >= 15 is 0 Å². The highest BCUT2D eigenvalue weighted by molar-refractivity contribution is 5.30. The van der Waals surface area contributed by atoms with Crippen molar-refractivity contribution in [2.75, 3.05) is 0 Å². The Morgan fingerprint density at radius 3 is 0.701 bits per heavy atom. The molecule has 10 nitrogen and oxygen atoms in total. The summed E-state index contributed by atoms with van der Waals surface area (Å²) in [6.45, 7) is 68.8. The van der Waals surface area contributed by atoms with Gasteiger partial charge in [0.25, 0.3) is 0 Å². The molecule has 0 aromatic rings. The van der Waals surface area contributed by atoms with Crippen LogP contribution in [-0.4, -0.2) is 107 Å². The van der Waals surface area contributed by atoms with Crippen molar-refractivity contribution >= 4 is 0 Å². The Balaban J connectivity index is 0.000000131. The lowest BCUT2D eigenvalue weighted by atomic mass is 9.43. The first-order chi connectivity index (χ1) is 67.9. The van der Waals surface area contributed by atoms with Gasteiger partial charge in [0.15, 0.2) is 0 Å². The van der Waals surface area contributed by atoms with Crippen molar-refractivity contribution in [2.45, 2.75) is 617 Å². The van der Waals surface area contributed by atoms with E-state index in [1.54, 1.807) is 11.1 Å². The summed E-state index contributed by atoms with van der Waals surface area (Å²) in [7, 11) is 0. The number of aliphatic hydroxyl groups is 10. The van der Waals surface area contributed by atoms with Crippen molar-refractivity contribution < 1.29 is 51.1 Å². The Morgan fingerprint density at radius 1 is 0.245 bits per heavy atom. The van der Waals surface area contributed by atoms with Gasteiger partial charge >= 0.3 is 0 Å². The van der Waals surface area contributed by atoms with Crippen molar-refractivity contribution in [1.29, 1.82) is 0 Å². The summed E-state index contributed by atoms with van der Waals surface area (Å²) in [6, 6.07) is 0. The quantitative estimate of drug-likeness (QED) is 0.0465. The SMILES string of the molecule is CCC(C)(O)CC[C@@H](C)[C@H]1CC[C@H]2[C@@H]3CC=C4C[C@@](C)(O)CC[C@]4(C)[C@H]3CC[C@]12C.CCC(C)(O)CC[C@@H](C)[C@H]1CC[C@H]2[C@@H]3CC[C@H]4C[C@@](C)(O)CC[C@]4(C)[C@H]3CC[C@]12C.C[C@H](CCC(C)(C)O)[C@H]1CC[C@H]2[C@@H]3CC=C4C[C@@](C)(O)CC[C@]4(C)[C@H]3CC[C@]12C.C[C@H](CCC(C)(C)O)[C@H]1CC[C@H]2[C@@H]3CC[C@H]4C[C@@](C)(O)CC[C@]4(C)[C@H]3CC[C@]12C.C[C@H](CCC(C)(C)O)[C@H]1CC[C@H]2[C@@H]3CC[C@H]4C[C@@](C)(O)CC[C@]4(C)[C@H]3CC[C@]12C. The molecule has 10 heteroatoms. The molecule has 18 saturated carbocycles. The van der Waals surface area contributed by atoms with Crippen LogP contribution in [-0.2, 0) is 0 Å². The van der Waals surface area contributed by atoms with Gasteiger partial charge in [0, 0.05) is 0 Å². The van der Waals surface area contributed by atoms with Crippen molar-refractivity contribution in [1.82, 2.24) is 0 Å². The molecular weight excluding hydrogens is 1810 g/mol. The fourth-order valence-electron chi connectivity index (χ4n) is 45.0. The van der Waals surface area contributed by atoms with E-state index < -0.39 is 56.0 Å².